The lowest BCUT2D eigenvalue weighted by Gasteiger charge is -2.06. The molecule has 0 aliphatic carbocycles. The fourth-order valence-corrected chi connectivity index (χ4v) is 3.06. The van der Waals surface area contributed by atoms with E-state index in [4.69, 9.17) is 16.1 Å². The van der Waals surface area contributed by atoms with E-state index in [1.165, 1.54) is 0 Å². The molecule has 0 atom stereocenters. The van der Waals surface area contributed by atoms with Crippen LogP contribution in [-0.4, -0.2) is 25.9 Å². The summed E-state index contributed by atoms with van der Waals surface area (Å²) < 4.78 is 43.1. The average Bonchev–Trinajstić information content (AvgIpc) is 3.07. The van der Waals surface area contributed by atoms with Crippen LogP contribution in [0.4, 0.5) is 13.2 Å². The molecule has 2 heterocycles. The van der Waals surface area contributed by atoms with Gasteiger partial charge in [-0.15, -0.1) is 0 Å². The van der Waals surface area contributed by atoms with Crippen LogP contribution in [0.15, 0.2) is 44.8 Å². The lowest BCUT2D eigenvalue weighted by molar-refractivity contribution is -0.141. The van der Waals surface area contributed by atoms with Gasteiger partial charge in [-0.25, -0.2) is 4.98 Å². The van der Waals surface area contributed by atoms with Crippen LogP contribution in [0.25, 0.3) is 11.4 Å². The molecular formula is C16H12ClF3N4O2S. The number of nitrogens with one attached hydrogen (secondary N) is 1. The quantitative estimate of drug-likeness (QED) is 0.368. The normalized spacial score (nSPS) is 11.7. The molecule has 0 radical (unpaired) electrons. The third kappa shape index (κ3) is 5.33. The Morgan fingerprint density at radius 2 is 1.93 bits per heavy atom. The highest BCUT2D eigenvalue weighted by atomic mass is 35.5. The van der Waals surface area contributed by atoms with Gasteiger partial charge in [0.15, 0.2) is 10.9 Å². The van der Waals surface area contributed by atoms with Gasteiger partial charge in [0.05, 0.1) is 0 Å². The first-order valence-corrected chi connectivity index (χ1v) is 9.07. The van der Waals surface area contributed by atoms with Crippen molar-refractivity contribution in [3.8, 4) is 11.4 Å². The molecule has 6 nitrogen and oxygen atoms in total. The third-order valence-electron chi connectivity index (χ3n) is 3.35. The van der Waals surface area contributed by atoms with Crippen molar-refractivity contribution in [2.24, 2.45) is 0 Å². The molecule has 0 bridgehead atoms. The van der Waals surface area contributed by atoms with Crippen molar-refractivity contribution in [3.05, 3.63) is 57.3 Å². The molecular weight excluding hydrogens is 405 g/mol. The number of thioether (sulfide) groups is 1. The van der Waals surface area contributed by atoms with E-state index in [-0.39, 0.29) is 5.16 Å². The minimum Gasteiger partial charge on any atom is -0.339 e. The van der Waals surface area contributed by atoms with Crippen molar-refractivity contribution < 1.29 is 17.7 Å². The van der Waals surface area contributed by atoms with Crippen LogP contribution in [0.1, 0.15) is 18.0 Å². The van der Waals surface area contributed by atoms with Crippen LogP contribution in [0.5, 0.6) is 0 Å². The SMILES string of the molecule is O=c1cc(C(F)(F)F)nc(SCCCc2nc(-c3ccc(Cl)cc3)no2)[nH]1. The summed E-state index contributed by atoms with van der Waals surface area (Å²) in [5.41, 5.74) is -1.29. The average molecular weight is 417 g/mol. The summed E-state index contributed by atoms with van der Waals surface area (Å²) in [7, 11) is 0. The van der Waals surface area contributed by atoms with Crippen molar-refractivity contribution in [1.29, 1.82) is 0 Å². The molecule has 0 unspecified atom stereocenters. The van der Waals surface area contributed by atoms with E-state index in [0.29, 0.717) is 41.4 Å². The second-order valence-corrected chi connectivity index (χ2v) is 6.92. The van der Waals surface area contributed by atoms with Gasteiger partial charge in [0.2, 0.25) is 11.7 Å². The van der Waals surface area contributed by atoms with E-state index < -0.39 is 17.4 Å². The zero-order chi connectivity index (χ0) is 19.4. The number of aromatic nitrogens is 4. The van der Waals surface area contributed by atoms with Crippen molar-refractivity contribution in [1.82, 2.24) is 20.1 Å². The zero-order valence-electron chi connectivity index (χ0n) is 13.6. The Bertz CT molecular complexity index is 973. The molecule has 0 aliphatic rings. The highest BCUT2D eigenvalue weighted by Crippen LogP contribution is 2.27. The molecule has 0 saturated carbocycles. The Kier molecular flexibility index (Phi) is 5.85. The first kappa shape index (κ1) is 19.4. The van der Waals surface area contributed by atoms with E-state index in [1.54, 1.807) is 24.3 Å². The summed E-state index contributed by atoms with van der Waals surface area (Å²) in [5.74, 6) is 1.26. The number of hydrogen-bond donors (Lipinski definition) is 1. The summed E-state index contributed by atoms with van der Waals surface area (Å²) in [6.07, 6.45) is -3.67. The summed E-state index contributed by atoms with van der Waals surface area (Å²) in [4.78, 5) is 21.3. The second-order valence-electron chi connectivity index (χ2n) is 5.40. The molecule has 1 N–H and O–H groups in total. The molecule has 27 heavy (non-hydrogen) atoms. The largest absolute Gasteiger partial charge is 0.433 e. The van der Waals surface area contributed by atoms with Gasteiger partial charge in [-0.2, -0.15) is 18.2 Å². The molecule has 11 heteroatoms. The highest BCUT2D eigenvalue weighted by Gasteiger charge is 2.33. The van der Waals surface area contributed by atoms with E-state index in [2.05, 4.69) is 20.1 Å². The van der Waals surface area contributed by atoms with Crippen LogP contribution < -0.4 is 5.56 Å². The lowest BCUT2D eigenvalue weighted by Crippen LogP contribution is -2.16. The van der Waals surface area contributed by atoms with Crippen LogP contribution in [0.2, 0.25) is 5.02 Å². The van der Waals surface area contributed by atoms with Crippen LogP contribution in [0, 0.1) is 0 Å². The molecule has 142 valence electrons. The number of halogens is 4. The number of H-pyrrole nitrogens is 1. The molecule has 0 saturated heterocycles. The first-order chi connectivity index (χ1) is 12.8. The maximum absolute atomic E-state index is 12.7. The standard InChI is InChI=1S/C16H12ClF3N4O2S/c17-10-5-3-9(4-6-10)14-23-13(26-24-14)2-1-7-27-15-21-11(16(18,19)20)8-12(25)22-15/h3-6,8H,1-2,7H2,(H,21,22,25). The number of rotatable bonds is 6. The Hall–Kier alpha value is -2.33. The van der Waals surface area contributed by atoms with Gasteiger partial charge < -0.3 is 9.51 Å². The van der Waals surface area contributed by atoms with E-state index >= 15 is 0 Å². The Morgan fingerprint density at radius 3 is 2.63 bits per heavy atom. The van der Waals surface area contributed by atoms with Gasteiger partial charge in [0, 0.05) is 28.8 Å². The van der Waals surface area contributed by atoms with Crippen molar-refractivity contribution in [2.75, 3.05) is 5.75 Å². The summed E-state index contributed by atoms with van der Waals surface area (Å²) in [5, 5.41) is 4.40. The molecule has 0 fully saturated rings. The highest BCUT2D eigenvalue weighted by molar-refractivity contribution is 7.99. The molecule has 3 rings (SSSR count). The van der Waals surface area contributed by atoms with Gasteiger partial charge in [-0.05, 0) is 30.7 Å². The van der Waals surface area contributed by atoms with Gasteiger partial charge >= 0.3 is 6.18 Å². The molecule has 0 aliphatic heterocycles. The minimum absolute atomic E-state index is 0.0813. The number of hydrogen-bond acceptors (Lipinski definition) is 6. The number of benzene rings is 1. The molecule has 0 amide bonds. The number of aryl methyl sites for hydroxylation is 1. The maximum atomic E-state index is 12.7. The predicted molar refractivity (Wildman–Crippen MR) is 93.6 cm³/mol. The number of aromatic amines is 1. The minimum atomic E-state index is -4.66. The Morgan fingerprint density at radius 1 is 1.19 bits per heavy atom. The number of nitrogens with zero attached hydrogens (tertiary/aromatic N) is 3. The maximum Gasteiger partial charge on any atom is 0.433 e. The van der Waals surface area contributed by atoms with Crippen LogP contribution in [0.3, 0.4) is 0 Å². The molecule has 3 aromatic rings. The van der Waals surface area contributed by atoms with Crippen molar-refractivity contribution in [3.63, 3.8) is 0 Å². The molecule has 1 aromatic carbocycles. The van der Waals surface area contributed by atoms with E-state index in [1.807, 2.05) is 0 Å². The Balaban J connectivity index is 1.55. The zero-order valence-corrected chi connectivity index (χ0v) is 15.2. The van der Waals surface area contributed by atoms with Gasteiger partial charge in [0.25, 0.3) is 5.56 Å². The number of alkyl halides is 3. The van der Waals surface area contributed by atoms with Crippen molar-refractivity contribution >= 4 is 23.4 Å². The van der Waals surface area contributed by atoms with Gasteiger partial charge in [-0.3, -0.25) is 4.79 Å². The van der Waals surface area contributed by atoms with E-state index in [9.17, 15) is 18.0 Å². The smallest absolute Gasteiger partial charge is 0.339 e. The monoisotopic (exact) mass is 416 g/mol. The topological polar surface area (TPSA) is 84.7 Å². The predicted octanol–water partition coefficient (Wildman–Crippen LogP) is 4.22. The summed E-state index contributed by atoms with van der Waals surface area (Å²) in [6.45, 7) is 0. The Labute approximate surface area is 160 Å². The van der Waals surface area contributed by atoms with Crippen LogP contribution in [-0.2, 0) is 12.6 Å². The first-order valence-electron chi connectivity index (χ1n) is 7.71. The lowest BCUT2D eigenvalue weighted by atomic mass is 10.2. The summed E-state index contributed by atoms with van der Waals surface area (Å²) >= 11 is 6.85. The van der Waals surface area contributed by atoms with Gasteiger partial charge in [-0.1, -0.05) is 28.5 Å². The third-order valence-corrected chi connectivity index (χ3v) is 4.57. The van der Waals surface area contributed by atoms with Gasteiger partial charge in [0.1, 0.15) is 0 Å². The summed E-state index contributed by atoms with van der Waals surface area (Å²) in [6, 6.07) is 7.39. The molecule has 0 spiro atoms. The fourth-order valence-electron chi connectivity index (χ4n) is 2.11. The molecule has 2 aromatic heterocycles. The van der Waals surface area contributed by atoms with Crippen LogP contribution >= 0.6 is 23.4 Å². The van der Waals surface area contributed by atoms with E-state index in [0.717, 1.165) is 17.3 Å². The van der Waals surface area contributed by atoms with Crippen molar-refractivity contribution in [2.45, 2.75) is 24.2 Å². The fraction of sp³-hybridized carbons (Fsp3) is 0.250. The second kappa shape index (κ2) is 8.13.